The van der Waals surface area contributed by atoms with Crippen LogP contribution in [0.4, 0.5) is 4.39 Å². The first-order chi connectivity index (χ1) is 16.0. The van der Waals surface area contributed by atoms with E-state index < -0.39 is 5.83 Å². The molecule has 168 valence electrons. The standard InChI is InChI=1S/C25H25FN6S/c1-7-17(14-27-9-3)15(5)21(26)20-18(8-2)31-32-24(20)25-29-16(6)22(30-25)23(28-10-4)19-12-11-13-33-19/h7-14,31H,3-5H2,1-2,6H3,(H,29,30)/b17-7+,18-8+,21-20-,27-14?,28-23?. The van der Waals surface area contributed by atoms with Crippen molar-refractivity contribution in [2.24, 2.45) is 9.98 Å². The van der Waals surface area contributed by atoms with Crippen LogP contribution in [0.3, 0.4) is 0 Å². The second-order valence-corrected chi connectivity index (χ2v) is 7.79. The molecule has 0 saturated carbocycles. The van der Waals surface area contributed by atoms with E-state index in [-0.39, 0.29) is 10.8 Å². The van der Waals surface area contributed by atoms with E-state index in [1.165, 1.54) is 18.6 Å². The third-order valence-electron chi connectivity index (χ3n) is 4.85. The molecule has 3 rings (SSSR count). The quantitative estimate of drug-likeness (QED) is 0.376. The van der Waals surface area contributed by atoms with Gasteiger partial charge < -0.3 is 4.98 Å². The van der Waals surface area contributed by atoms with Crippen molar-refractivity contribution < 1.29 is 4.39 Å². The van der Waals surface area contributed by atoms with Gasteiger partial charge in [0.05, 0.1) is 15.4 Å². The van der Waals surface area contributed by atoms with E-state index in [1.54, 1.807) is 37.3 Å². The zero-order valence-corrected chi connectivity index (χ0v) is 19.6. The number of aromatic nitrogens is 4. The molecule has 0 unspecified atom stereocenters. The molecule has 0 aromatic carbocycles. The number of hydrogen-bond donors (Lipinski definition) is 2. The summed E-state index contributed by atoms with van der Waals surface area (Å²) in [4.78, 5) is 17.3. The van der Waals surface area contributed by atoms with E-state index >= 15 is 4.39 Å². The Balaban J connectivity index is 2.22. The van der Waals surface area contributed by atoms with Crippen LogP contribution in [0, 0.1) is 6.92 Å². The maximum Gasteiger partial charge on any atom is 0.159 e. The molecule has 6 nitrogen and oxygen atoms in total. The largest absolute Gasteiger partial charge is 0.340 e. The second kappa shape index (κ2) is 10.6. The molecule has 3 aromatic rings. The molecule has 0 radical (unpaired) electrons. The number of H-pyrrole nitrogens is 2. The number of aliphatic imine (C=N–C) groups is 2. The van der Waals surface area contributed by atoms with Gasteiger partial charge in [0.2, 0.25) is 0 Å². The fourth-order valence-corrected chi connectivity index (χ4v) is 3.97. The van der Waals surface area contributed by atoms with Crippen LogP contribution < -0.4 is 10.6 Å². The highest BCUT2D eigenvalue weighted by Crippen LogP contribution is 2.22. The summed E-state index contributed by atoms with van der Waals surface area (Å²) in [5.41, 5.74) is 3.18. The lowest BCUT2D eigenvalue weighted by Gasteiger charge is -2.03. The van der Waals surface area contributed by atoms with Gasteiger partial charge in [-0.15, -0.1) is 11.3 Å². The van der Waals surface area contributed by atoms with Crippen LogP contribution in [0.1, 0.15) is 30.1 Å². The number of allylic oxidation sites excluding steroid dienone is 3. The van der Waals surface area contributed by atoms with Gasteiger partial charge in [0.1, 0.15) is 22.9 Å². The first-order valence-electron chi connectivity index (χ1n) is 10.2. The maximum atomic E-state index is 15.8. The summed E-state index contributed by atoms with van der Waals surface area (Å²) in [6, 6.07) is 3.91. The van der Waals surface area contributed by atoms with E-state index in [9.17, 15) is 0 Å². The van der Waals surface area contributed by atoms with Crippen molar-refractivity contribution in [3.63, 3.8) is 0 Å². The maximum absolute atomic E-state index is 15.8. The monoisotopic (exact) mass is 460 g/mol. The molecule has 0 fully saturated rings. The summed E-state index contributed by atoms with van der Waals surface area (Å²) in [7, 11) is 0. The number of halogens is 1. The third-order valence-corrected chi connectivity index (χ3v) is 5.73. The van der Waals surface area contributed by atoms with E-state index in [0.717, 1.165) is 10.6 Å². The van der Waals surface area contributed by atoms with Gasteiger partial charge in [0.25, 0.3) is 0 Å². The molecule has 0 spiro atoms. The summed E-state index contributed by atoms with van der Waals surface area (Å²) >= 11 is 1.55. The summed E-state index contributed by atoms with van der Waals surface area (Å²) in [6.45, 7) is 16.7. The summed E-state index contributed by atoms with van der Waals surface area (Å²) in [5, 5.41) is 10.0. The lowest BCUT2D eigenvalue weighted by molar-refractivity contribution is 0.751. The number of nitrogens with zero attached hydrogens (tertiary/aromatic N) is 4. The molecule has 0 aliphatic carbocycles. The highest BCUT2D eigenvalue weighted by molar-refractivity contribution is 7.12. The molecule has 33 heavy (non-hydrogen) atoms. The smallest absolute Gasteiger partial charge is 0.159 e. The number of nitrogens with one attached hydrogen (secondary N) is 2. The Hall–Kier alpha value is -3.91. The molecule has 0 atom stereocenters. The summed E-state index contributed by atoms with van der Waals surface area (Å²) < 4.78 is 15.8. The number of aryl methyl sites for hydroxylation is 1. The van der Waals surface area contributed by atoms with Gasteiger partial charge in [-0.05, 0) is 37.8 Å². The molecule has 3 heterocycles. The van der Waals surface area contributed by atoms with Crippen LogP contribution in [0.25, 0.3) is 23.4 Å². The number of thiophene rings is 1. The fraction of sp³-hybridized carbons (Fsp3) is 0.120. The van der Waals surface area contributed by atoms with Gasteiger partial charge in [-0.25, -0.2) is 9.37 Å². The predicted octanol–water partition coefficient (Wildman–Crippen LogP) is 4.75. The minimum Gasteiger partial charge on any atom is -0.340 e. The van der Waals surface area contributed by atoms with Crippen molar-refractivity contribution in [1.29, 1.82) is 0 Å². The van der Waals surface area contributed by atoms with Crippen LogP contribution in [0.5, 0.6) is 0 Å². The van der Waals surface area contributed by atoms with Crippen LogP contribution in [-0.2, 0) is 0 Å². The Morgan fingerprint density at radius 3 is 2.64 bits per heavy atom. The molecule has 0 amide bonds. The van der Waals surface area contributed by atoms with E-state index in [0.29, 0.717) is 33.8 Å². The molecule has 0 aliphatic rings. The molecule has 2 N–H and O–H groups in total. The Morgan fingerprint density at radius 1 is 1.24 bits per heavy atom. The van der Waals surface area contributed by atoms with Gasteiger partial charge in [-0.1, -0.05) is 38.0 Å². The SMILES string of the molecule is C=CN=C/C(=C\C)C(=C)/C(F)=c1/c(-c2nc(C(=NC=C)c3cccs3)c(C)[nH]2)n[nH]/c1=C/C. The normalized spacial score (nSPS) is 14.1. The van der Waals surface area contributed by atoms with Crippen LogP contribution in [-0.4, -0.2) is 32.1 Å². The zero-order valence-electron chi connectivity index (χ0n) is 18.8. The number of rotatable bonds is 8. The first-order valence-corrected chi connectivity index (χ1v) is 11.0. The van der Waals surface area contributed by atoms with E-state index in [1.807, 2.05) is 24.4 Å². The lowest BCUT2D eigenvalue weighted by Crippen LogP contribution is -2.26. The number of hydrogen-bond acceptors (Lipinski definition) is 5. The minimum atomic E-state index is -0.524. The van der Waals surface area contributed by atoms with E-state index in [2.05, 4.69) is 44.9 Å². The average Bonchev–Trinajstić information content (AvgIpc) is 3.57. The molecule has 0 bridgehead atoms. The van der Waals surface area contributed by atoms with Gasteiger partial charge in [-0.3, -0.25) is 15.1 Å². The first kappa shape index (κ1) is 23.7. The minimum absolute atomic E-state index is 0.185. The second-order valence-electron chi connectivity index (χ2n) is 6.84. The summed E-state index contributed by atoms with van der Waals surface area (Å²) in [6.07, 6.45) is 7.86. The highest BCUT2D eigenvalue weighted by Gasteiger charge is 2.20. The molecular weight excluding hydrogens is 435 g/mol. The topological polar surface area (TPSA) is 82.1 Å². The van der Waals surface area contributed by atoms with Crippen molar-refractivity contribution in [1.82, 2.24) is 20.2 Å². The Labute approximate surface area is 195 Å². The molecule has 0 saturated heterocycles. The Kier molecular flexibility index (Phi) is 7.63. The Bertz CT molecular complexity index is 1400. The van der Waals surface area contributed by atoms with Crippen molar-refractivity contribution >= 4 is 35.2 Å². The number of imidazole rings is 1. The molecule has 3 aromatic heterocycles. The Morgan fingerprint density at radius 2 is 2.03 bits per heavy atom. The van der Waals surface area contributed by atoms with Crippen molar-refractivity contribution in [2.75, 3.05) is 0 Å². The average molecular weight is 461 g/mol. The number of aromatic amines is 2. The third kappa shape index (κ3) is 4.80. The van der Waals surface area contributed by atoms with Gasteiger partial charge in [0, 0.05) is 29.9 Å². The highest BCUT2D eigenvalue weighted by atomic mass is 32.1. The van der Waals surface area contributed by atoms with Crippen LogP contribution in [0.15, 0.2) is 76.9 Å². The zero-order chi connectivity index (χ0) is 24.0. The fourth-order valence-electron chi connectivity index (χ4n) is 3.24. The van der Waals surface area contributed by atoms with Gasteiger partial charge in [0.15, 0.2) is 5.82 Å². The summed E-state index contributed by atoms with van der Waals surface area (Å²) in [5.74, 6) is -0.107. The van der Waals surface area contributed by atoms with Crippen molar-refractivity contribution in [2.45, 2.75) is 20.8 Å². The lowest BCUT2D eigenvalue weighted by atomic mass is 10.1. The molecule has 8 heteroatoms. The predicted molar refractivity (Wildman–Crippen MR) is 137 cm³/mol. The molecule has 0 aliphatic heterocycles. The molecular formula is C25H25FN6S. The van der Waals surface area contributed by atoms with Crippen molar-refractivity contribution in [3.8, 4) is 11.5 Å². The van der Waals surface area contributed by atoms with Crippen LogP contribution >= 0.6 is 11.3 Å². The van der Waals surface area contributed by atoms with E-state index in [4.69, 9.17) is 4.98 Å². The van der Waals surface area contributed by atoms with Crippen LogP contribution in [0.2, 0.25) is 0 Å². The van der Waals surface area contributed by atoms with Gasteiger partial charge >= 0.3 is 0 Å². The van der Waals surface area contributed by atoms with Crippen molar-refractivity contribution in [3.05, 3.63) is 93.7 Å². The van der Waals surface area contributed by atoms with Gasteiger partial charge in [-0.2, -0.15) is 5.10 Å².